The number of carbonyl (C=O) groups excluding carboxylic acids is 1. The Kier molecular flexibility index (Phi) is 4.78. The summed E-state index contributed by atoms with van der Waals surface area (Å²) in [5, 5.41) is 13.1. The van der Waals surface area contributed by atoms with Gasteiger partial charge in [-0.25, -0.2) is 0 Å². The van der Waals surface area contributed by atoms with Crippen molar-refractivity contribution in [2.75, 3.05) is 19.8 Å². The van der Waals surface area contributed by atoms with Crippen LogP contribution in [0.1, 0.15) is 48.5 Å². The fraction of sp³-hybridized carbons (Fsp3) is 0.562. The third kappa shape index (κ3) is 3.81. The Morgan fingerprint density at radius 3 is 2.45 bits per heavy atom. The van der Waals surface area contributed by atoms with Crippen LogP contribution in [-0.4, -0.2) is 36.4 Å². The molecule has 0 radical (unpaired) electrons. The lowest BCUT2D eigenvalue weighted by atomic mass is 9.94. The van der Waals surface area contributed by atoms with Crippen molar-refractivity contribution in [3.05, 3.63) is 35.4 Å². The lowest BCUT2D eigenvalue weighted by Crippen LogP contribution is -2.46. The van der Waals surface area contributed by atoms with Crippen molar-refractivity contribution < 1.29 is 14.6 Å². The van der Waals surface area contributed by atoms with Gasteiger partial charge in [-0.3, -0.25) is 4.79 Å². The van der Waals surface area contributed by atoms with Crippen molar-refractivity contribution in [3.63, 3.8) is 0 Å². The van der Waals surface area contributed by atoms with Crippen molar-refractivity contribution in [1.82, 2.24) is 5.32 Å². The average molecular weight is 277 g/mol. The van der Waals surface area contributed by atoms with Gasteiger partial charge >= 0.3 is 0 Å². The van der Waals surface area contributed by atoms with Crippen LogP contribution in [0.5, 0.6) is 0 Å². The topological polar surface area (TPSA) is 58.6 Å². The maximum atomic E-state index is 12.1. The summed E-state index contributed by atoms with van der Waals surface area (Å²) in [6.45, 7) is 5.62. The second kappa shape index (κ2) is 6.37. The first-order valence-electron chi connectivity index (χ1n) is 7.18. The highest BCUT2D eigenvalue weighted by Crippen LogP contribution is 2.19. The number of carbonyl (C=O) groups is 1. The Morgan fingerprint density at radius 1 is 1.30 bits per heavy atom. The Morgan fingerprint density at radius 2 is 1.90 bits per heavy atom. The maximum absolute atomic E-state index is 12.1. The lowest BCUT2D eigenvalue weighted by Gasteiger charge is -2.32. The van der Waals surface area contributed by atoms with Crippen LogP contribution in [0.4, 0.5) is 0 Å². The van der Waals surface area contributed by atoms with E-state index in [1.165, 1.54) is 5.56 Å². The SMILES string of the molecule is CC(C)c1ccc(C(=O)NCC2(O)CCOCC2)cc1. The van der Waals surface area contributed by atoms with E-state index in [0.29, 0.717) is 37.5 Å². The van der Waals surface area contributed by atoms with Crippen LogP contribution in [0.2, 0.25) is 0 Å². The fourth-order valence-electron chi connectivity index (χ4n) is 2.29. The third-order valence-corrected chi connectivity index (χ3v) is 3.84. The van der Waals surface area contributed by atoms with Crippen LogP contribution < -0.4 is 5.32 Å². The van der Waals surface area contributed by atoms with Crippen LogP contribution in [0.15, 0.2) is 24.3 Å². The molecule has 1 heterocycles. The second-order valence-corrected chi connectivity index (χ2v) is 5.80. The first-order valence-corrected chi connectivity index (χ1v) is 7.18. The molecule has 1 aromatic carbocycles. The molecule has 1 fully saturated rings. The Hall–Kier alpha value is -1.39. The van der Waals surface area contributed by atoms with Crippen molar-refractivity contribution in [2.45, 2.75) is 38.2 Å². The van der Waals surface area contributed by atoms with Gasteiger partial charge in [0.25, 0.3) is 5.91 Å². The molecule has 1 saturated heterocycles. The molecular formula is C16H23NO3. The molecule has 0 unspecified atom stereocenters. The highest BCUT2D eigenvalue weighted by molar-refractivity contribution is 5.94. The molecule has 2 rings (SSSR count). The largest absolute Gasteiger partial charge is 0.388 e. The molecule has 1 amide bonds. The van der Waals surface area contributed by atoms with Crippen LogP contribution in [-0.2, 0) is 4.74 Å². The number of hydrogen-bond donors (Lipinski definition) is 2. The van der Waals surface area contributed by atoms with Gasteiger partial charge in [0, 0.05) is 38.2 Å². The van der Waals surface area contributed by atoms with Gasteiger partial charge < -0.3 is 15.2 Å². The van der Waals surface area contributed by atoms with Crippen molar-refractivity contribution >= 4 is 5.91 Å². The summed E-state index contributed by atoms with van der Waals surface area (Å²) in [4.78, 5) is 12.1. The molecule has 4 heteroatoms. The predicted molar refractivity (Wildman–Crippen MR) is 77.9 cm³/mol. The summed E-state index contributed by atoms with van der Waals surface area (Å²) in [6, 6.07) is 7.61. The maximum Gasteiger partial charge on any atom is 0.251 e. The minimum atomic E-state index is -0.828. The Balaban J connectivity index is 1.91. The lowest BCUT2D eigenvalue weighted by molar-refractivity contribution is -0.0605. The smallest absolute Gasteiger partial charge is 0.251 e. The molecule has 0 aliphatic carbocycles. The van der Waals surface area contributed by atoms with E-state index in [4.69, 9.17) is 4.74 Å². The molecule has 20 heavy (non-hydrogen) atoms. The van der Waals surface area contributed by atoms with Gasteiger partial charge in [0.2, 0.25) is 0 Å². The molecule has 1 aliphatic rings. The molecule has 4 nitrogen and oxygen atoms in total. The third-order valence-electron chi connectivity index (χ3n) is 3.84. The van der Waals surface area contributed by atoms with E-state index in [0.717, 1.165) is 0 Å². The van der Waals surface area contributed by atoms with Crippen LogP contribution in [0.3, 0.4) is 0 Å². The molecule has 0 aromatic heterocycles. The zero-order valence-electron chi connectivity index (χ0n) is 12.2. The van der Waals surface area contributed by atoms with E-state index in [1.54, 1.807) is 0 Å². The summed E-state index contributed by atoms with van der Waals surface area (Å²) < 4.78 is 5.22. The van der Waals surface area contributed by atoms with Gasteiger partial charge in [-0.15, -0.1) is 0 Å². The first kappa shape index (κ1) is 15.0. The summed E-state index contributed by atoms with van der Waals surface area (Å²) in [7, 11) is 0. The van der Waals surface area contributed by atoms with Gasteiger partial charge in [-0.05, 0) is 23.6 Å². The summed E-state index contributed by atoms with van der Waals surface area (Å²) in [6.07, 6.45) is 1.14. The molecule has 0 atom stereocenters. The van der Waals surface area contributed by atoms with Gasteiger partial charge in [-0.2, -0.15) is 0 Å². The zero-order chi connectivity index (χ0) is 14.6. The second-order valence-electron chi connectivity index (χ2n) is 5.80. The minimum absolute atomic E-state index is 0.139. The summed E-state index contributed by atoms with van der Waals surface area (Å²) in [5.74, 6) is 0.315. The van der Waals surface area contributed by atoms with Crippen molar-refractivity contribution in [2.24, 2.45) is 0 Å². The predicted octanol–water partition coefficient (Wildman–Crippen LogP) is 2.08. The highest BCUT2D eigenvalue weighted by atomic mass is 16.5. The van der Waals surface area contributed by atoms with Crippen LogP contribution >= 0.6 is 0 Å². The minimum Gasteiger partial charge on any atom is -0.388 e. The number of hydrogen-bond acceptors (Lipinski definition) is 3. The van der Waals surface area contributed by atoms with E-state index >= 15 is 0 Å². The Bertz CT molecular complexity index is 447. The molecule has 1 aromatic rings. The number of nitrogens with one attached hydrogen (secondary N) is 1. The van der Waals surface area contributed by atoms with Gasteiger partial charge in [0.1, 0.15) is 0 Å². The zero-order valence-corrected chi connectivity index (χ0v) is 12.2. The van der Waals surface area contributed by atoms with E-state index < -0.39 is 5.60 Å². The number of rotatable bonds is 4. The number of ether oxygens (including phenoxy) is 1. The number of benzene rings is 1. The monoisotopic (exact) mass is 277 g/mol. The molecule has 1 aliphatic heterocycles. The summed E-state index contributed by atoms with van der Waals surface area (Å²) >= 11 is 0. The van der Waals surface area contributed by atoms with E-state index in [1.807, 2.05) is 24.3 Å². The molecular weight excluding hydrogens is 254 g/mol. The summed E-state index contributed by atoms with van der Waals surface area (Å²) in [5.41, 5.74) is 1.01. The van der Waals surface area contributed by atoms with Crippen LogP contribution in [0.25, 0.3) is 0 Å². The standard InChI is InChI=1S/C16H23NO3/c1-12(2)13-3-5-14(6-4-13)15(18)17-11-16(19)7-9-20-10-8-16/h3-6,12,19H,7-11H2,1-2H3,(H,17,18). The normalized spacial score (nSPS) is 18.0. The highest BCUT2D eigenvalue weighted by Gasteiger charge is 2.30. The van der Waals surface area contributed by atoms with Crippen LogP contribution in [0, 0.1) is 0 Å². The molecule has 0 spiro atoms. The molecule has 0 bridgehead atoms. The Labute approximate surface area is 120 Å². The quantitative estimate of drug-likeness (QED) is 0.886. The van der Waals surface area contributed by atoms with E-state index in [9.17, 15) is 9.90 Å². The fourth-order valence-corrected chi connectivity index (χ4v) is 2.29. The van der Waals surface area contributed by atoms with Crippen molar-refractivity contribution in [1.29, 1.82) is 0 Å². The molecule has 110 valence electrons. The van der Waals surface area contributed by atoms with Gasteiger partial charge in [0.15, 0.2) is 0 Å². The number of aliphatic hydroxyl groups is 1. The van der Waals surface area contributed by atoms with E-state index in [2.05, 4.69) is 19.2 Å². The average Bonchev–Trinajstić information content (AvgIpc) is 2.46. The van der Waals surface area contributed by atoms with Crippen molar-refractivity contribution in [3.8, 4) is 0 Å². The number of amides is 1. The molecule has 0 saturated carbocycles. The van der Waals surface area contributed by atoms with Gasteiger partial charge in [-0.1, -0.05) is 26.0 Å². The van der Waals surface area contributed by atoms with Gasteiger partial charge in [0.05, 0.1) is 5.60 Å². The first-order chi connectivity index (χ1) is 9.50. The molecule has 2 N–H and O–H groups in total. The van der Waals surface area contributed by atoms with E-state index in [-0.39, 0.29) is 12.5 Å².